The van der Waals surface area contributed by atoms with E-state index in [9.17, 15) is 8.42 Å². The summed E-state index contributed by atoms with van der Waals surface area (Å²) in [4.78, 5) is 0.147. The molecule has 1 atom stereocenters. The van der Waals surface area contributed by atoms with Crippen LogP contribution < -0.4 is 10.5 Å². The Hall–Kier alpha value is -0.720. The van der Waals surface area contributed by atoms with Gasteiger partial charge in [0.05, 0.1) is 5.69 Å². The van der Waals surface area contributed by atoms with Crippen LogP contribution in [0.2, 0.25) is 0 Å². The molecule has 0 heterocycles. The molecule has 0 aliphatic heterocycles. The van der Waals surface area contributed by atoms with E-state index in [-0.39, 0.29) is 16.6 Å². The number of nitrogens with one attached hydrogen (secondary N) is 1. The van der Waals surface area contributed by atoms with Crippen LogP contribution in [0.5, 0.6) is 0 Å². The lowest BCUT2D eigenvalue weighted by Gasteiger charge is -2.14. The Bertz CT molecular complexity index is 460. The minimum absolute atomic E-state index is 0.107. The smallest absolute Gasteiger partial charge is 0.242 e. The molecule has 0 aliphatic carbocycles. The van der Waals surface area contributed by atoms with Crippen LogP contribution in [-0.2, 0) is 10.0 Å². The van der Waals surface area contributed by atoms with Crippen molar-refractivity contribution >= 4 is 27.5 Å². The van der Waals surface area contributed by atoms with Gasteiger partial charge in [0, 0.05) is 11.8 Å². The number of thioether (sulfide) groups is 1. The lowest BCUT2D eigenvalue weighted by molar-refractivity contribution is 0.571. The Labute approximate surface area is 107 Å². The number of nitrogens with two attached hydrogens (primary N) is 1. The average molecular weight is 274 g/mol. The van der Waals surface area contributed by atoms with E-state index in [0.29, 0.717) is 0 Å². The monoisotopic (exact) mass is 274 g/mol. The van der Waals surface area contributed by atoms with Crippen molar-refractivity contribution in [2.75, 3.05) is 17.2 Å². The highest BCUT2D eigenvalue weighted by atomic mass is 32.2. The van der Waals surface area contributed by atoms with Crippen LogP contribution >= 0.6 is 11.8 Å². The second kappa shape index (κ2) is 6.28. The van der Waals surface area contributed by atoms with Gasteiger partial charge in [0.15, 0.2) is 0 Å². The summed E-state index contributed by atoms with van der Waals surface area (Å²) in [7, 11) is -3.51. The molecule has 0 saturated heterocycles. The molecule has 0 saturated carbocycles. The normalized spacial score (nSPS) is 13.5. The fourth-order valence-corrected chi connectivity index (χ4v) is 3.54. The Balaban J connectivity index is 2.79. The molecule has 0 fully saturated rings. The van der Waals surface area contributed by atoms with Crippen molar-refractivity contribution in [2.24, 2.45) is 0 Å². The second-order valence-electron chi connectivity index (χ2n) is 3.72. The molecule has 0 bridgehead atoms. The molecule has 0 aromatic heterocycles. The largest absolute Gasteiger partial charge is 0.398 e. The van der Waals surface area contributed by atoms with Crippen molar-refractivity contribution in [3.05, 3.63) is 24.3 Å². The van der Waals surface area contributed by atoms with Crippen LogP contribution in [0, 0.1) is 0 Å². The summed E-state index contributed by atoms with van der Waals surface area (Å²) >= 11 is 1.70. The van der Waals surface area contributed by atoms with Gasteiger partial charge in [-0.25, -0.2) is 13.1 Å². The topological polar surface area (TPSA) is 72.2 Å². The van der Waals surface area contributed by atoms with E-state index in [2.05, 4.69) is 4.72 Å². The van der Waals surface area contributed by atoms with Crippen LogP contribution in [0.3, 0.4) is 0 Å². The maximum Gasteiger partial charge on any atom is 0.242 e. The van der Waals surface area contributed by atoms with E-state index in [1.165, 1.54) is 6.07 Å². The predicted octanol–water partition coefficient (Wildman–Crippen LogP) is 1.69. The number of benzene rings is 1. The Morgan fingerprint density at radius 1 is 1.41 bits per heavy atom. The first kappa shape index (κ1) is 14.3. The molecule has 1 rings (SSSR count). The molecule has 17 heavy (non-hydrogen) atoms. The van der Waals surface area contributed by atoms with Crippen LogP contribution in [0.25, 0.3) is 0 Å². The molecule has 96 valence electrons. The van der Waals surface area contributed by atoms with Gasteiger partial charge in [-0.05, 0) is 24.8 Å². The third-order valence-corrected chi connectivity index (χ3v) is 4.94. The van der Waals surface area contributed by atoms with Gasteiger partial charge < -0.3 is 5.73 Å². The van der Waals surface area contributed by atoms with E-state index < -0.39 is 10.0 Å². The summed E-state index contributed by atoms with van der Waals surface area (Å²) in [5, 5.41) is 0. The highest BCUT2D eigenvalue weighted by Gasteiger charge is 2.19. The van der Waals surface area contributed by atoms with Crippen molar-refractivity contribution in [1.82, 2.24) is 4.72 Å². The molecule has 1 aromatic rings. The van der Waals surface area contributed by atoms with E-state index in [1.54, 1.807) is 30.0 Å². The highest BCUT2D eigenvalue weighted by molar-refractivity contribution is 7.99. The zero-order chi connectivity index (χ0) is 12.9. The fourth-order valence-electron chi connectivity index (χ4n) is 1.38. The minimum Gasteiger partial charge on any atom is -0.398 e. The maximum atomic E-state index is 12.0. The van der Waals surface area contributed by atoms with Crippen molar-refractivity contribution in [2.45, 2.75) is 24.8 Å². The Morgan fingerprint density at radius 3 is 2.65 bits per heavy atom. The zero-order valence-electron chi connectivity index (χ0n) is 10.0. The molecule has 3 N–H and O–H groups in total. The Kier molecular flexibility index (Phi) is 5.30. The third kappa shape index (κ3) is 4.22. The van der Waals surface area contributed by atoms with E-state index in [0.717, 1.165) is 11.5 Å². The first-order valence-electron chi connectivity index (χ1n) is 5.42. The van der Waals surface area contributed by atoms with Crippen LogP contribution in [-0.4, -0.2) is 26.0 Å². The third-order valence-electron chi connectivity index (χ3n) is 2.14. The maximum absolute atomic E-state index is 12.0. The summed E-state index contributed by atoms with van der Waals surface area (Å²) < 4.78 is 26.7. The van der Waals surface area contributed by atoms with Crippen molar-refractivity contribution in [1.29, 1.82) is 0 Å². The van der Waals surface area contributed by atoms with Gasteiger partial charge in [-0.2, -0.15) is 11.8 Å². The quantitative estimate of drug-likeness (QED) is 0.774. The standard InChI is InChI=1S/C11H18N2O2S2/c1-3-16-8-9(2)13-17(14,15)11-7-5-4-6-10(11)12/h4-7,9,13H,3,8,12H2,1-2H3. The van der Waals surface area contributed by atoms with Gasteiger partial charge in [-0.3, -0.25) is 0 Å². The summed E-state index contributed by atoms with van der Waals surface area (Å²) in [6.45, 7) is 3.89. The molecule has 0 spiro atoms. The molecule has 0 aliphatic rings. The molecular weight excluding hydrogens is 256 g/mol. The fraction of sp³-hybridized carbons (Fsp3) is 0.455. The molecule has 0 radical (unpaired) electrons. The average Bonchev–Trinajstić information content (AvgIpc) is 2.26. The molecule has 4 nitrogen and oxygen atoms in total. The number of hydrogen-bond donors (Lipinski definition) is 2. The summed E-state index contributed by atoms with van der Waals surface area (Å²) in [6.07, 6.45) is 0. The van der Waals surface area contributed by atoms with Gasteiger partial charge in [0.25, 0.3) is 0 Å². The van der Waals surface area contributed by atoms with Gasteiger partial charge in [-0.15, -0.1) is 0 Å². The second-order valence-corrected chi connectivity index (χ2v) is 6.72. The minimum atomic E-state index is -3.51. The molecule has 0 amide bonds. The van der Waals surface area contributed by atoms with Gasteiger partial charge in [0.2, 0.25) is 10.0 Å². The SMILES string of the molecule is CCSCC(C)NS(=O)(=O)c1ccccc1N. The first-order chi connectivity index (χ1) is 7.97. The first-order valence-corrected chi connectivity index (χ1v) is 8.05. The lowest BCUT2D eigenvalue weighted by atomic mass is 10.3. The summed E-state index contributed by atoms with van der Waals surface area (Å²) in [5.74, 6) is 1.72. The van der Waals surface area contributed by atoms with Gasteiger partial charge in [-0.1, -0.05) is 19.1 Å². The van der Waals surface area contributed by atoms with Crippen molar-refractivity contribution in [3.63, 3.8) is 0 Å². The number of sulfonamides is 1. The number of anilines is 1. The predicted molar refractivity (Wildman–Crippen MR) is 73.6 cm³/mol. The van der Waals surface area contributed by atoms with Crippen molar-refractivity contribution < 1.29 is 8.42 Å². The number of nitrogen functional groups attached to an aromatic ring is 1. The molecular formula is C11H18N2O2S2. The molecule has 6 heteroatoms. The van der Waals surface area contributed by atoms with E-state index in [1.807, 2.05) is 13.8 Å². The van der Waals surface area contributed by atoms with Crippen LogP contribution in [0.15, 0.2) is 29.2 Å². The number of rotatable bonds is 6. The van der Waals surface area contributed by atoms with E-state index >= 15 is 0 Å². The van der Waals surface area contributed by atoms with Crippen molar-refractivity contribution in [3.8, 4) is 0 Å². The van der Waals surface area contributed by atoms with E-state index in [4.69, 9.17) is 5.73 Å². The zero-order valence-corrected chi connectivity index (χ0v) is 11.6. The highest BCUT2D eigenvalue weighted by Crippen LogP contribution is 2.17. The summed E-state index contributed by atoms with van der Waals surface area (Å²) in [5.41, 5.74) is 5.93. The lowest BCUT2D eigenvalue weighted by Crippen LogP contribution is -2.34. The summed E-state index contributed by atoms with van der Waals surface area (Å²) in [6, 6.07) is 6.36. The number of hydrogen-bond acceptors (Lipinski definition) is 4. The van der Waals surface area contributed by atoms with Crippen LogP contribution in [0.4, 0.5) is 5.69 Å². The van der Waals surface area contributed by atoms with Gasteiger partial charge >= 0.3 is 0 Å². The molecule has 1 unspecified atom stereocenters. The Morgan fingerprint density at radius 2 is 2.06 bits per heavy atom. The molecule has 1 aromatic carbocycles. The van der Waals surface area contributed by atoms with Crippen LogP contribution in [0.1, 0.15) is 13.8 Å². The van der Waals surface area contributed by atoms with Gasteiger partial charge in [0.1, 0.15) is 4.90 Å². The number of para-hydroxylation sites is 1.